The van der Waals surface area contributed by atoms with Crippen LogP contribution in [0.5, 0.6) is 0 Å². The lowest BCUT2D eigenvalue weighted by atomic mass is 10.0. The highest BCUT2D eigenvalue weighted by molar-refractivity contribution is 7.92. The van der Waals surface area contributed by atoms with Crippen LogP contribution in [0.2, 0.25) is 5.02 Å². The van der Waals surface area contributed by atoms with Gasteiger partial charge in [0.05, 0.1) is 16.3 Å². The molecule has 0 radical (unpaired) electrons. The van der Waals surface area contributed by atoms with Gasteiger partial charge in [0.2, 0.25) is 0 Å². The first-order chi connectivity index (χ1) is 10.7. The highest BCUT2D eigenvalue weighted by Crippen LogP contribution is 2.34. The van der Waals surface area contributed by atoms with Crippen LogP contribution in [0.25, 0.3) is 0 Å². The van der Waals surface area contributed by atoms with Crippen molar-refractivity contribution < 1.29 is 17.7 Å². The van der Waals surface area contributed by atoms with Crippen molar-refractivity contribution in [1.29, 1.82) is 0 Å². The standard InChI is InChI=1S/C14H13BClF3N2OS/c1-2-8-3-4-10(6-11(8)14(17,18)19)23(22)21-12-5-9(16)7-20-13(12)15/h3-7,21H,2,15H2,1H3. The van der Waals surface area contributed by atoms with Crippen molar-refractivity contribution in [2.45, 2.75) is 24.4 Å². The molecular weight excluding hydrogens is 347 g/mol. The van der Waals surface area contributed by atoms with Gasteiger partial charge in [-0.2, -0.15) is 13.2 Å². The number of hydrogen-bond donors (Lipinski definition) is 1. The summed E-state index contributed by atoms with van der Waals surface area (Å²) >= 11 is 3.96. The molecule has 2 aromatic rings. The van der Waals surface area contributed by atoms with Gasteiger partial charge >= 0.3 is 6.18 Å². The van der Waals surface area contributed by atoms with Crippen LogP contribution in [0.15, 0.2) is 35.4 Å². The fourth-order valence-corrected chi connectivity index (χ4v) is 3.11. The third-order valence-corrected chi connectivity index (χ3v) is 4.53. The molecule has 122 valence electrons. The van der Waals surface area contributed by atoms with E-state index in [4.69, 9.17) is 11.6 Å². The minimum atomic E-state index is -4.49. The summed E-state index contributed by atoms with van der Waals surface area (Å²) in [6.45, 7) is 1.64. The van der Waals surface area contributed by atoms with E-state index in [1.165, 1.54) is 24.4 Å². The molecule has 1 aromatic carbocycles. The van der Waals surface area contributed by atoms with Crippen LogP contribution in [0, 0.1) is 0 Å². The Morgan fingerprint density at radius 1 is 1.35 bits per heavy atom. The first-order valence-electron chi connectivity index (χ1n) is 6.73. The Kier molecular flexibility index (Phi) is 5.49. The maximum Gasteiger partial charge on any atom is 0.416 e. The van der Waals surface area contributed by atoms with Gasteiger partial charge in [-0.15, -0.1) is 0 Å². The zero-order chi connectivity index (χ0) is 17.2. The van der Waals surface area contributed by atoms with Crippen LogP contribution in [0.1, 0.15) is 18.1 Å². The highest BCUT2D eigenvalue weighted by Gasteiger charge is 2.34. The SMILES string of the molecule is Bc1ncc(Cl)cc1N[S+]([O-])c1ccc(CC)c(C(F)(F)F)c1. The number of rotatable bonds is 4. The number of hydrogen-bond acceptors (Lipinski definition) is 3. The van der Waals surface area contributed by atoms with Gasteiger partial charge in [-0.05, 0) is 24.1 Å². The molecule has 1 aromatic heterocycles. The summed E-state index contributed by atoms with van der Waals surface area (Å²) in [6.07, 6.45) is -2.81. The van der Waals surface area contributed by atoms with Crippen molar-refractivity contribution in [3.05, 3.63) is 46.6 Å². The van der Waals surface area contributed by atoms with E-state index in [1.807, 2.05) is 0 Å². The normalized spacial score (nSPS) is 13.0. The van der Waals surface area contributed by atoms with Gasteiger partial charge in [-0.1, -0.05) is 24.6 Å². The summed E-state index contributed by atoms with van der Waals surface area (Å²) in [7, 11) is 1.68. The Labute approximate surface area is 141 Å². The summed E-state index contributed by atoms with van der Waals surface area (Å²) in [6, 6.07) is 5.20. The van der Waals surface area contributed by atoms with E-state index in [1.54, 1.807) is 14.8 Å². The number of alkyl halides is 3. The molecule has 0 fully saturated rings. The van der Waals surface area contributed by atoms with Gasteiger partial charge in [0, 0.05) is 17.9 Å². The molecule has 0 aliphatic heterocycles. The third kappa shape index (κ3) is 4.34. The maximum absolute atomic E-state index is 13.1. The predicted octanol–water partition coefficient (Wildman–Crippen LogP) is 2.71. The Morgan fingerprint density at radius 3 is 2.65 bits per heavy atom. The number of nitrogens with one attached hydrogen (secondary N) is 1. The number of halogens is 4. The number of benzene rings is 1. The van der Waals surface area contributed by atoms with Crippen LogP contribution < -0.4 is 10.3 Å². The summed E-state index contributed by atoms with van der Waals surface area (Å²) < 4.78 is 54.2. The Morgan fingerprint density at radius 2 is 2.04 bits per heavy atom. The zero-order valence-corrected chi connectivity index (χ0v) is 13.9. The molecule has 1 unspecified atom stereocenters. The summed E-state index contributed by atoms with van der Waals surface area (Å²) in [5, 5.41) is 0.340. The lowest BCUT2D eigenvalue weighted by Gasteiger charge is -2.16. The Hall–Kier alpha value is -1.38. The Bertz CT molecular complexity index is 715. The van der Waals surface area contributed by atoms with Crippen molar-refractivity contribution in [2.24, 2.45) is 0 Å². The fraction of sp³-hybridized carbons (Fsp3) is 0.214. The van der Waals surface area contributed by atoms with Crippen LogP contribution in [0.3, 0.4) is 0 Å². The second-order valence-electron chi connectivity index (χ2n) is 4.83. The van der Waals surface area contributed by atoms with Gasteiger partial charge in [-0.3, -0.25) is 4.98 Å². The van der Waals surface area contributed by atoms with E-state index in [-0.39, 0.29) is 16.9 Å². The largest absolute Gasteiger partial charge is 0.588 e. The van der Waals surface area contributed by atoms with Gasteiger partial charge in [-0.25, -0.2) is 4.72 Å². The Balaban J connectivity index is 2.32. The highest BCUT2D eigenvalue weighted by atomic mass is 35.5. The lowest BCUT2D eigenvalue weighted by molar-refractivity contribution is -0.138. The molecule has 1 heterocycles. The lowest BCUT2D eigenvalue weighted by Crippen LogP contribution is -2.21. The van der Waals surface area contributed by atoms with E-state index in [0.717, 1.165) is 6.07 Å². The van der Waals surface area contributed by atoms with E-state index < -0.39 is 23.1 Å². The van der Waals surface area contributed by atoms with E-state index in [2.05, 4.69) is 9.71 Å². The molecule has 0 saturated carbocycles. The molecule has 0 spiro atoms. The number of pyridine rings is 1. The van der Waals surface area contributed by atoms with Crippen LogP contribution in [-0.4, -0.2) is 17.4 Å². The van der Waals surface area contributed by atoms with Crippen molar-refractivity contribution in [3.8, 4) is 0 Å². The molecule has 9 heteroatoms. The van der Waals surface area contributed by atoms with Crippen molar-refractivity contribution in [2.75, 3.05) is 4.72 Å². The third-order valence-electron chi connectivity index (χ3n) is 3.24. The molecule has 1 atom stereocenters. The molecule has 0 saturated heterocycles. The van der Waals surface area contributed by atoms with Gasteiger partial charge < -0.3 is 4.55 Å². The monoisotopic (exact) mass is 360 g/mol. The van der Waals surface area contributed by atoms with E-state index in [9.17, 15) is 17.7 Å². The summed E-state index contributed by atoms with van der Waals surface area (Å²) in [5.74, 6) is 0. The minimum absolute atomic E-state index is 0.0360. The molecule has 0 bridgehead atoms. The summed E-state index contributed by atoms with van der Waals surface area (Å²) in [4.78, 5) is 4.04. The molecule has 23 heavy (non-hydrogen) atoms. The molecule has 0 aliphatic carbocycles. The first-order valence-corrected chi connectivity index (χ1v) is 8.26. The van der Waals surface area contributed by atoms with Gasteiger partial charge in [0.1, 0.15) is 11.4 Å². The van der Waals surface area contributed by atoms with Crippen molar-refractivity contribution >= 4 is 42.1 Å². The molecule has 1 N–H and O–H groups in total. The number of anilines is 1. The van der Waals surface area contributed by atoms with Crippen LogP contribution >= 0.6 is 11.6 Å². The van der Waals surface area contributed by atoms with Crippen LogP contribution in [0.4, 0.5) is 18.9 Å². The average molecular weight is 361 g/mol. The second-order valence-corrected chi connectivity index (χ2v) is 6.48. The molecular formula is C14H13BClF3N2OS. The van der Waals surface area contributed by atoms with Crippen LogP contribution in [-0.2, 0) is 24.0 Å². The van der Waals surface area contributed by atoms with Gasteiger partial charge in [0.15, 0.2) is 12.7 Å². The molecule has 0 aliphatic rings. The number of nitrogens with zero attached hydrogens (tertiary/aromatic N) is 1. The summed E-state index contributed by atoms with van der Waals surface area (Å²) in [5.41, 5.74) is 0.348. The first kappa shape index (κ1) is 18.0. The molecule has 0 amide bonds. The van der Waals surface area contributed by atoms with Gasteiger partial charge in [0.25, 0.3) is 0 Å². The molecule has 2 rings (SSSR count). The second kappa shape index (κ2) is 7.03. The average Bonchev–Trinajstić information content (AvgIpc) is 2.49. The topological polar surface area (TPSA) is 48.0 Å². The minimum Gasteiger partial charge on any atom is -0.588 e. The zero-order valence-electron chi connectivity index (χ0n) is 12.4. The maximum atomic E-state index is 13.1. The quantitative estimate of drug-likeness (QED) is 0.674. The fourth-order valence-electron chi connectivity index (χ4n) is 2.01. The smallest absolute Gasteiger partial charge is 0.416 e. The van der Waals surface area contributed by atoms with E-state index in [0.29, 0.717) is 16.3 Å². The number of aromatic nitrogens is 1. The predicted molar refractivity (Wildman–Crippen MR) is 88.3 cm³/mol. The van der Waals surface area contributed by atoms with E-state index >= 15 is 0 Å². The number of aryl methyl sites for hydroxylation is 1. The van der Waals surface area contributed by atoms with Crippen molar-refractivity contribution in [3.63, 3.8) is 0 Å². The van der Waals surface area contributed by atoms with Crippen molar-refractivity contribution in [1.82, 2.24) is 4.98 Å². The molecule has 3 nitrogen and oxygen atoms in total.